The largest absolute Gasteiger partial charge is 0.304 e. The molecule has 0 aliphatic carbocycles. The van der Waals surface area contributed by atoms with Gasteiger partial charge < -0.3 is 5.41 Å². The van der Waals surface area contributed by atoms with Crippen LogP contribution in [-0.2, 0) is 0 Å². The first-order valence-corrected chi connectivity index (χ1v) is 5.74. The number of hydrogen-bond acceptors (Lipinski definition) is 5. The monoisotopic (exact) mass is 230 g/mol. The Hall–Kier alpha value is -0.130. The van der Waals surface area contributed by atoms with E-state index in [-0.39, 0.29) is 3.91 Å². The number of rotatable bonds is 4. The minimum atomic E-state index is -0.0258. The van der Waals surface area contributed by atoms with Crippen LogP contribution in [0.15, 0.2) is 24.5 Å². The Labute approximate surface area is 92.9 Å². The maximum absolute atomic E-state index is 7.71. The summed E-state index contributed by atoms with van der Waals surface area (Å²) in [7, 11) is 0. The normalized spacial score (nSPS) is 10.4. The molecule has 0 saturated carbocycles. The number of nitrogens with one attached hydrogen (secondary N) is 1. The number of hydrogen-bond donors (Lipinski definition) is 3. The molecule has 1 rings (SSSR count). The van der Waals surface area contributed by atoms with Gasteiger partial charge in [-0.2, -0.15) is 25.3 Å². The van der Waals surface area contributed by atoms with E-state index in [0.717, 1.165) is 5.56 Å². The average Bonchev–Trinajstić information content (AvgIpc) is 2.15. The minimum Gasteiger partial charge on any atom is -0.304 e. The summed E-state index contributed by atoms with van der Waals surface area (Å²) in [6.07, 6.45) is 3.38. The Morgan fingerprint density at radius 3 is 2.62 bits per heavy atom. The highest BCUT2D eigenvalue weighted by Gasteiger charge is 2.02. The SMILES string of the molecule is N=C(CSC(S)S)c1ccncc1. The first-order valence-electron chi connectivity index (χ1n) is 3.65. The number of nitrogens with zero attached hydrogens (tertiary/aromatic N) is 1. The summed E-state index contributed by atoms with van der Waals surface area (Å²) in [4.78, 5) is 3.89. The van der Waals surface area contributed by atoms with Crippen LogP contribution >= 0.6 is 37.0 Å². The molecule has 13 heavy (non-hydrogen) atoms. The van der Waals surface area contributed by atoms with Crippen molar-refractivity contribution >= 4 is 42.7 Å². The van der Waals surface area contributed by atoms with E-state index >= 15 is 0 Å². The van der Waals surface area contributed by atoms with Gasteiger partial charge in [0.1, 0.15) is 0 Å². The van der Waals surface area contributed by atoms with Crippen molar-refractivity contribution in [1.82, 2.24) is 4.98 Å². The highest BCUT2D eigenvalue weighted by atomic mass is 32.2. The summed E-state index contributed by atoms with van der Waals surface area (Å²) < 4.78 is -0.0258. The van der Waals surface area contributed by atoms with Crippen molar-refractivity contribution in [1.29, 1.82) is 5.41 Å². The molecule has 0 saturated heterocycles. The van der Waals surface area contributed by atoms with Crippen LogP contribution < -0.4 is 0 Å². The molecule has 0 aliphatic heterocycles. The highest BCUT2D eigenvalue weighted by Crippen LogP contribution is 2.18. The van der Waals surface area contributed by atoms with Gasteiger partial charge in [0.2, 0.25) is 0 Å². The predicted octanol–water partition coefficient (Wildman–Crippen LogP) is 2.33. The minimum absolute atomic E-state index is 0.0258. The molecular formula is C8H10N2S3. The Bertz CT molecular complexity index is 274. The Morgan fingerprint density at radius 1 is 1.46 bits per heavy atom. The second-order valence-electron chi connectivity index (χ2n) is 2.35. The zero-order valence-electron chi connectivity index (χ0n) is 6.84. The lowest BCUT2D eigenvalue weighted by atomic mass is 10.2. The summed E-state index contributed by atoms with van der Waals surface area (Å²) >= 11 is 9.72. The van der Waals surface area contributed by atoms with E-state index in [2.05, 4.69) is 30.2 Å². The van der Waals surface area contributed by atoms with Crippen molar-refractivity contribution in [2.45, 2.75) is 3.91 Å². The molecule has 5 heteroatoms. The number of thioether (sulfide) groups is 1. The van der Waals surface area contributed by atoms with E-state index in [1.165, 1.54) is 11.8 Å². The van der Waals surface area contributed by atoms with Gasteiger partial charge in [-0.05, 0) is 17.7 Å². The number of pyridine rings is 1. The molecule has 1 N–H and O–H groups in total. The fraction of sp³-hybridized carbons (Fsp3) is 0.250. The van der Waals surface area contributed by atoms with Gasteiger partial charge in [-0.3, -0.25) is 4.98 Å². The van der Waals surface area contributed by atoms with E-state index in [1.807, 2.05) is 12.1 Å². The van der Waals surface area contributed by atoms with Gasteiger partial charge in [0.05, 0.1) is 3.91 Å². The van der Waals surface area contributed by atoms with Gasteiger partial charge in [0, 0.05) is 23.9 Å². The number of thiol groups is 2. The van der Waals surface area contributed by atoms with E-state index in [4.69, 9.17) is 5.41 Å². The first kappa shape index (κ1) is 10.9. The molecule has 1 aromatic rings. The van der Waals surface area contributed by atoms with Gasteiger partial charge in [-0.1, -0.05) is 0 Å². The maximum atomic E-state index is 7.71. The fourth-order valence-corrected chi connectivity index (χ4v) is 1.72. The maximum Gasteiger partial charge on any atom is 0.0903 e. The third-order valence-electron chi connectivity index (χ3n) is 1.41. The molecule has 1 aromatic heterocycles. The molecule has 0 fully saturated rings. The average molecular weight is 230 g/mol. The van der Waals surface area contributed by atoms with Crippen LogP contribution in [0.4, 0.5) is 0 Å². The van der Waals surface area contributed by atoms with Crippen LogP contribution in [0.3, 0.4) is 0 Å². The van der Waals surface area contributed by atoms with Crippen LogP contribution in [0.2, 0.25) is 0 Å². The Morgan fingerprint density at radius 2 is 2.08 bits per heavy atom. The molecule has 1 heterocycles. The number of aromatic nitrogens is 1. The summed E-state index contributed by atoms with van der Waals surface area (Å²) in [5.41, 5.74) is 1.49. The van der Waals surface area contributed by atoms with Gasteiger partial charge in [-0.15, -0.1) is 11.8 Å². The van der Waals surface area contributed by atoms with E-state index in [0.29, 0.717) is 11.5 Å². The van der Waals surface area contributed by atoms with Crippen LogP contribution in [0.5, 0.6) is 0 Å². The summed E-state index contributed by atoms with van der Waals surface area (Å²) in [5, 5.41) is 7.71. The molecule has 70 valence electrons. The van der Waals surface area contributed by atoms with Crippen LogP contribution in [0.25, 0.3) is 0 Å². The third-order valence-corrected chi connectivity index (χ3v) is 3.05. The van der Waals surface area contributed by atoms with Gasteiger partial charge >= 0.3 is 0 Å². The smallest absolute Gasteiger partial charge is 0.0903 e. The lowest BCUT2D eigenvalue weighted by Gasteiger charge is -2.04. The van der Waals surface area contributed by atoms with Crippen molar-refractivity contribution in [2.24, 2.45) is 0 Å². The second kappa shape index (κ2) is 5.57. The highest BCUT2D eigenvalue weighted by molar-refractivity contribution is 8.22. The van der Waals surface area contributed by atoms with E-state index in [1.54, 1.807) is 12.4 Å². The quantitative estimate of drug-likeness (QED) is 0.422. The predicted molar refractivity (Wildman–Crippen MR) is 65.3 cm³/mol. The summed E-state index contributed by atoms with van der Waals surface area (Å²) in [6.45, 7) is 0. The zero-order valence-corrected chi connectivity index (χ0v) is 9.45. The van der Waals surface area contributed by atoms with E-state index < -0.39 is 0 Å². The molecular weight excluding hydrogens is 220 g/mol. The lowest BCUT2D eigenvalue weighted by molar-refractivity contribution is 1.31. The molecule has 0 unspecified atom stereocenters. The second-order valence-corrected chi connectivity index (χ2v) is 5.58. The molecule has 0 aromatic carbocycles. The van der Waals surface area contributed by atoms with Crippen molar-refractivity contribution in [3.63, 3.8) is 0 Å². The van der Waals surface area contributed by atoms with E-state index in [9.17, 15) is 0 Å². The lowest BCUT2D eigenvalue weighted by Crippen LogP contribution is -2.03. The molecule has 0 radical (unpaired) electrons. The van der Waals surface area contributed by atoms with Gasteiger partial charge in [0.25, 0.3) is 0 Å². The Kier molecular flexibility index (Phi) is 4.69. The summed E-state index contributed by atoms with van der Waals surface area (Å²) in [5.74, 6) is 0.627. The van der Waals surface area contributed by atoms with Gasteiger partial charge in [0.15, 0.2) is 0 Å². The molecule has 0 amide bonds. The van der Waals surface area contributed by atoms with Crippen molar-refractivity contribution < 1.29 is 0 Å². The van der Waals surface area contributed by atoms with Crippen molar-refractivity contribution in [3.05, 3.63) is 30.1 Å². The fourth-order valence-electron chi connectivity index (χ4n) is 0.794. The zero-order chi connectivity index (χ0) is 9.68. The summed E-state index contributed by atoms with van der Waals surface area (Å²) in [6, 6.07) is 3.66. The van der Waals surface area contributed by atoms with Crippen LogP contribution in [-0.4, -0.2) is 20.4 Å². The topological polar surface area (TPSA) is 36.7 Å². The van der Waals surface area contributed by atoms with Crippen molar-refractivity contribution in [2.75, 3.05) is 5.75 Å². The third kappa shape index (κ3) is 4.06. The molecule has 2 nitrogen and oxygen atoms in total. The molecule has 0 spiro atoms. The van der Waals surface area contributed by atoms with Crippen molar-refractivity contribution in [3.8, 4) is 0 Å². The standard InChI is InChI=1S/C8H10N2S3/c9-7(5-13-8(11)12)6-1-3-10-4-2-6/h1-4,8-9,11-12H,5H2. The molecule has 0 bridgehead atoms. The molecule has 0 aliphatic rings. The van der Waals surface area contributed by atoms with Crippen LogP contribution in [0, 0.1) is 5.41 Å². The molecule has 0 atom stereocenters. The van der Waals surface area contributed by atoms with Crippen LogP contribution in [0.1, 0.15) is 5.56 Å². The van der Waals surface area contributed by atoms with Gasteiger partial charge in [-0.25, -0.2) is 0 Å². The first-order chi connectivity index (χ1) is 6.20. The Balaban J connectivity index is 2.50.